The molecule has 0 aromatic carbocycles. The lowest BCUT2D eigenvalue weighted by Gasteiger charge is -2.29. The Labute approximate surface area is 172 Å². The van der Waals surface area contributed by atoms with Crippen molar-refractivity contribution in [3.05, 3.63) is 23.7 Å². The summed E-state index contributed by atoms with van der Waals surface area (Å²) < 4.78 is 30.9. The fraction of sp³-hybridized carbons (Fsp3) is 0.667. The Bertz CT molecular complexity index is 851. The van der Waals surface area contributed by atoms with E-state index in [1.165, 1.54) is 6.26 Å². The second-order valence-corrected chi connectivity index (χ2v) is 9.87. The minimum absolute atomic E-state index is 0. The van der Waals surface area contributed by atoms with Crippen molar-refractivity contribution in [2.75, 3.05) is 26.9 Å². The topological polar surface area (TPSA) is 91.1 Å². The highest BCUT2D eigenvalue weighted by Gasteiger charge is 2.58. The third-order valence-corrected chi connectivity index (χ3v) is 6.53. The average molecular weight is 434 g/mol. The average Bonchev–Trinajstić information content (AvgIpc) is 3.18. The zero-order chi connectivity index (χ0) is 20.1. The van der Waals surface area contributed by atoms with Crippen LogP contribution in [-0.4, -0.2) is 73.3 Å². The van der Waals surface area contributed by atoms with Crippen molar-refractivity contribution in [2.24, 2.45) is 11.8 Å². The predicted molar refractivity (Wildman–Crippen MR) is 107 cm³/mol. The molecule has 10 heteroatoms. The Balaban J connectivity index is 0.00000280. The molecule has 2 amide bonds. The number of nitrogens with zero attached hydrogens (tertiary/aromatic N) is 3. The van der Waals surface area contributed by atoms with Gasteiger partial charge in [-0.2, -0.15) is 0 Å². The van der Waals surface area contributed by atoms with Crippen LogP contribution in [0, 0.1) is 11.8 Å². The van der Waals surface area contributed by atoms with E-state index in [4.69, 9.17) is 4.42 Å². The standard InChI is InChI=1S/C18H27N3O5S.ClH/c1-11(2)15-16-13(21(18(15)23)27(5,24)25)6-8-20(16)17(22)12-7-9-26-14(12)10-19(3)4;/h7,9,11,13,15-16H,6,8,10H2,1-5H3;1H/t13-,15+,16-;/m0./s1. The second kappa shape index (κ2) is 8.04. The quantitative estimate of drug-likeness (QED) is 0.697. The largest absolute Gasteiger partial charge is 0.467 e. The van der Waals surface area contributed by atoms with E-state index in [9.17, 15) is 18.0 Å². The number of carbonyl (C=O) groups excluding carboxylic acids is 2. The first-order valence-corrected chi connectivity index (χ1v) is 10.9. The SMILES string of the molecule is CC(C)[C@H]1C(=O)N(S(C)(=O)=O)[C@H]2CCN(C(=O)c3ccoc3CN(C)C)[C@H]12.Cl. The number of fused-ring (bicyclic) bond motifs is 1. The van der Waals surface area contributed by atoms with Crippen molar-refractivity contribution >= 4 is 34.2 Å². The molecule has 0 spiro atoms. The lowest BCUT2D eigenvalue weighted by Crippen LogP contribution is -2.44. The van der Waals surface area contributed by atoms with E-state index in [0.29, 0.717) is 30.8 Å². The highest BCUT2D eigenvalue weighted by molar-refractivity contribution is 7.88. The minimum Gasteiger partial charge on any atom is -0.467 e. The van der Waals surface area contributed by atoms with Gasteiger partial charge in [-0.25, -0.2) is 12.7 Å². The van der Waals surface area contributed by atoms with E-state index in [2.05, 4.69) is 0 Å². The maximum Gasteiger partial charge on any atom is 0.257 e. The van der Waals surface area contributed by atoms with Gasteiger partial charge in [-0.15, -0.1) is 12.4 Å². The molecule has 3 atom stereocenters. The molecular weight excluding hydrogens is 406 g/mol. The Morgan fingerprint density at radius 3 is 2.54 bits per heavy atom. The number of rotatable bonds is 5. The molecule has 2 aliphatic rings. The van der Waals surface area contributed by atoms with Crippen LogP contribution in [0.25, 0.3) is 0 Å². The molecule has 0 bridgehead atoms. The van der Waals surface area contributed by atoms with Crippen molar-refractivity contribution in [3.63, 3.8) is 0 Å². The van der Waals surface area contributed by atoms with Gasteiger partial charge in [-0.3, -0.25) is 9.59 Å². The van der Waals surface area contributed by atoms with Gasteiger partial charge in [0.05, 0.1) is 42.6 Å². The number of halogens is 1. The number of carbonyl (C=O) groups is 2. The molecule has 8 nitrogen and oxygen atoms in total. The van der Waals surface area contributed by atoms with E-state index in [-0.39, 0.29) is 24.2 Å². The molecule has 2 fully saturated rings. The summed E-state index contributed by atoms with van der Waals surface area (Å²) in [5, 5.41) is 0. The summed E-state index contributed by atoms with van der Waals surface area (Å²) in [5.74, 6) is -0.641. The second-order valence-electron chi connectivity index (χ2n) is 8.01. The van der Waals surface area contributed by atoms with E-state index >= 15 is 0 Å². The minimum atomic E-state index is -3.68. The first-order chi connectivity index (χ1) is 12.5. The van der Waals surface area contributed by atoms with Crippen molar-refractivity contribution < 1.29 is 22.4 Å². The third-order valence-electron chi connectivity index (χ3n) is 5.36. The van der Waals surface area contributed by atoms with Gasteiger partial charge in [0.1, 0.15) is 5.76 Å². The van der Waals surface area contributed by atoms with Crippen LogP contribution < -0.4 is 0 Å². The van der Waals surface area contributed by atoms with Crippen molar-refractivity contribution in [3.8, 4) is 0 Å². The Morgan fingerprint density at radius 1 is 1.36 bits per heavy atom. The molecule has 2 saturated heterocycles. The number of sulfonamides is 1. The van der Waals surface area contributed by atoms with Crippen LogP contribution in [0.2, 0.25) is 0 Å². The maximum absolute atomic E-state index is 13.3. The Morgan fingerprint density at radius 2 is 2.00 bits per heavy atom. The normalized spacial score (nSPS) is 24.8. The highest BCUT2D eigenvalue weighted by atomic mass is 35.5. The van der Waals surface area contributed by atoms with Gasteiger partial charge in [0.2, 0.25) is 15.9 Å². The van der Waals surface area contributed by atoms with Gasteiger partial charge in [0, 0.05) is 6.54 Å². The predicted octanol–water partition coefficient (Wildman–Crippen LogP) is 1.42. The number of furan rings is 1. The van der Waals surface area contributed by atoms with E-state index in [0.717, 1.165) is 10.6 Å². The van der Waals surface area contributed by atoms with Crippen LogP contribution in [0.1, 0.15) is 36.4 Å². The smallest absolute Gasteiger partial charge is 0.257 e. The maximum atomic E-state index is 13.3. The fourth-order valence-corrected chi connectivity index (χ4v) is 5.54. The number of hydrogen-bond donors (Lipinski definition) is 0. The molecule has 0 aliphatic carbocycles. The van der Waals surface area contributed by atoms with Gasteiger partial charge in [-0.1, -0.05) is 13.8 Å². The van der Waals surface area contributed by atoms with E-state index in [1.807, 2.05) is 32.8 Å². The van der Waals surface area contributed by atoms with E-state index in [1.54, 1.807) is 11.0 Å². The molecule has 158 valence electrons. The van der Waals surface area contributed by atoms with Crippen molar-refractivity contribution in [1.82, 2.24) is 14.1 Å². The fourth-order valence-electron chi connectivity index (χ4n) is 4.37. The van der Waals surface area contributed by atoms with Gasteiger partial charge in [0.25, 0.3) is 5.91 Å². The molecule has 1 aromatic heterocycles. The number of amides is 2. The summed E-state index contributed by atoms with van der Waals surface area (Å²) in [6.45, 7) is 4.69. The van der Waals surface area contributed by atoms with Gasteiger partial charge in [0.15, 0.2) is 0 Å². The zero-order valence-electron chi connectivity index (χ0n) is 16.8. The van der Waals surface area contributed by atoms with Crippen LogP contribution in [0.15, 0.2) is 16.7 Å². The van der Waals surface area contributed by atoms with Crippen molar-refractivity contribution in [2.45, 2.75) is 38.9 Å². The van der Waals surface area contributed by atoms with Gasteiger partial charge < -0.3 is 14.2 Å². The van der Waals surface area contributed by atoms with Gasteiger partial charge >= 0.3 is 0 Å². The molecule has 0 saturated carbocycles. The summed E-state index contributed by atoms with van der Waals surface area (Å²) in [6.07, 6.45) is 3.00. The molecule has 3 heterocycles. The zero-order valence-corrected chi connectivity index (χ0v) is 18.4. The third kappa shape index (κ3) is 3.79. The van der Waals surface area contributed by atoms with Crippen LogP contribution in [-0.2, 0) is 21.4 Å². The molecular formula is C18H28ClN3O5S. The molecule has 0 radical (unpaired) electrons. The molecule has 3 rings (SSSR count). The van der Waals surface area contributed by atoms with Gasteiger partial charge in [-0.05, 0) is 32.5 Å². The van der Waals surface area contributed by atoms with Crippen LogP contribution in [0.5, 0.6) is 0 Å². The lowest BCUT2D eigenvalue weighted by molar-refractivity contribution is -0.129. The molecule has 2 aliphatic heterocycles. The van der Waals surface area contributed by atoms with Crippen LogP contribution in [0.4, 0.5) is 0 Å². The summed E-state index contributed by atoms with van der Waals surface area (Å²) in [7, 11) is 0.0933. The summed E-state index contributed by atoms with van der Waals surface area (Å²) >= 11 is 0. The lowest BCUT2D eigenvalue weighted by atomic mass is 9.88. The summed E-state index contributed by atoms with van der Waals surface area (Å²) in [6, 6.07) is 0.708. The molecule has 28 heavy (non-hydrogen) atoms. The first-order valence-electron chi connectivity index (χ1n) is 9.09. The van der Waals surface area contributed by atoms with Crippen molar-refractivity contribution in [1.29, 1.82) is 0 Å². The molecule has 0 unspecified atom stereocenters. The Hall–Kier alpha value is -1.58. The summed E-state index contributed by atoms with van der Waals surface area (Å²) in [5.41, 5.74) is 0.470. The van der Waals surface area contributed by atoms with Crippen LogP contribution in [0.3, 0.4) is 0 Å². The summed E-state index contributed by atoms with van der Waals surface area (Å²) in [4.78, 5) is 29.7. The number of likely N-dealkylation sites (tertiary alicyclic amines) is 1. The van der Waals surface area contributed by atoms with Crippen LogP contribution >= 0.6 is 12.4 Å². The number of hydrogen-bond acceptors (Lipinski definition) is 6. The monoisotopic (exact) mass is 433 g/mol. The Kier molecular flexibility index (Phi) is 6.52. The van der Waals surface area contributed by atoms with E-state index < -0.39 is 33.9 Å². The highest BCUT2D eigenvalue weighted by Crippen LogP contribution is 2.41. The molecule has 0 N–H and O–H groups in total. The first kappa shape index (κ1) is 22.7. The molecule has 1 aromatic rings.